The highest BCUT2D eigenvalue weighted by Gasteiger charge is 2.27. The molecule has 118 valence electrons. The Morgan fingerprint density at radius 2 is 1.86 bits per heavy atom. The lowest BCUT2D eigenvalue weighted by molar-refractivity contribution is 0.185. The fraction of sp³-hybridized carbons (Fsp3) is 0.625. The van der Waals surface area contributed by atoms with Crippen molar-refractivity contribution in [2.24, 2.45) is 7.05 Å². The summed E-state index contributed by atoms with van der Waals surface area (Å²) in [6, 6.07) is 2.91. The number of aromatic nitrogens is 3. The summed E-state index contributed by atoms with van der Waals surface area (Å²) in [6.45, 7) is 4.75. The van der Waals surface area contributed by atoms with Gasteiger partial charge in [-0.2, -0.15) is 11.8 Å². The molecule has 0 unspecified atom stereocenters. The maximum Gasteiger partial charge on any atom is 0.145 e. The van der Waals surface area contributed by atoms with E-state index in [-0.39, 0.29) is 0 Å². The van der Waals surface area contributed by atoms with Crippen LogP contribution in [0.4, 0.5) is 5.82 Å². The van der Waals surface area contributed by atoms with Gasteiger partial charge in [0.05, 0.1) is 5.39 Å². The van der Waals surface area contributed by atoms with Gasteiger partial charge in [-0.05, 0) is 18.9 Å². The summed E-state index contributed by atoms with van der Waals surface area (Å²) in [7, 11) is 2.04. The summed E-state index contributed by atoms with van der Waals surface area (Å²) >= 11 is 2.09. The van der Waals surface area contributed by atoms with E-state index in [2.05, 4.69) is 48.4 Å². The first-order valence-corrected chi connectivity index (χ1v) is 9.31. The van der Waals surface area contributed by atoms with E-state index in [0.29, 0.717) is 0 Å². The number of rotatable bonds is 2. The van der Waals surface area contributed by atoms with Crippen LogP contribution in [0.15, 0.2) is 18.6 Å². The Hall–Kier alpha value is -1.27. The lowest BCUT2D eigenvalue weighted by Crippen LogP contribution is -2.48. The van der Waals surface area contributed by atoms with Crippen LogP contribution in [0.2, 0.25) is 0 Å². The molecule has 6 heteroatoms. The van der Waals surface area contributed by atoms with Gasteiger partial charge in [-0.25, -0.2) is 9.97 Å². The van der Waals surface area contributed by atoms with Gasteiger partial charge < -0.3 is 9.47 Å². The zero-order valence-electron chi connectivity index (χ0n) is 13.1. The first-order valence-electron chi connectivity index (χ1n) is 8.16. The van der Waals surface area contributed by atoms with Crippen LogP contribution in [0.5, 0.6) is 0 Å². The summed E-state index contributed by atoms with van der Waals surface area (Å²) in [6.07, 6.45) is 6.28. The normalized spacial score (nSPS) is 21.6. The quantitative estimate of drug-likeness (QED) is 0.847. The third-order valence-corrected chi connectivity index (χ3v) is 5.91. The van der Waals surface area contributed by atoms with Crippen molar-refractivity contribution in [2.75, 3.05) is 42.6 Å². The van der Waals surface area contributed by atoms with Gasteiger partial charge in [-0.15, -0.1) is 0 Å². The van der Waals surface area contributed by atoms with Crippen molar-refractivity contribution >= 4 is 28.6 Å². The van der Waals surface area contributed by atoms with Gasteiger partial charge in [0.15, 0.2) is 0 Å². The van der Waals surface area contributed by atoms with Crippen molar-refractivity contribution in [2.45, 2.75) is 18.9 Å². The molecule has 2 aromatic rings. The molecule has 0 radical (unpaired) electrons. The highest BCUT2D eigenvalue weighted by Crippen LogP contribution is 2.28. The Bertz CT molecular complexity index is 641. The van der Waals surface area contributed by atoms with Crippen LogP contribution in [-0.2, 0) is 7.05 Å². The van der Waals surface area contributed by atoms with Gasteiger partial charge >= 0.3 is 0 Å². The van der Waals surface area contributed by atoms with Gasteiger partial charge in [0.2, 0.25) is 0 Å². The molecular formula is C16H23N5S. The molecule has 2 aromatic heterocycles. The Balaban J connectivity index is 1.48. The minimum absolute atomic E-state index is 0.769. The molecule has 2 fully saturated rings. The molecule has 4 heterocycles. The van der Waals surface area contributed by atoms with E-state index < -0.39 is 0 Å². The molecule has 22 heavy (non-hydrogen) atoms. The SMILES string of the molecule is Cn1ccc2c(N3CCC(N4CCSCC4)CC3)ncnc21. The monoisotopic (exact) mass is 317 g/mol. The predicted octanol–water partition coefficient (Wildman–Crippen LogP) is 1.99. The molecule has 0 amide bonds. The summed E-state index contributed by atoms with van der Waals surface area (Å²) in [5.74, 6) is 3.71. The summed E-state index contributed by atoms with van der Waals surface area (Å²) in [5.41, 5.74) is 1.03. The largest absolute Gasteiger partial charge is 0.356 e. The number of piperidine rings is 1. The van der Waals surface area contributed by atoms with E-state index in [0.717, 1.165) is 30.6 Å². The summed E-state index contributed by atoms with van der Waals surface area (Å²) in [4.78, 5) is 14.1. The number of nitrogens with zero attached hydrogens (tertiary/aromatic N) is 5. The van der Waals surface area contributed by atoms with Crippen LogP contribution in [0.3, 0.4) is 0 Å². The smallest absolute Gasteiger partial charge is 0.145 e. The average Bonchev–Trinajstić information content (AvgIpc) is 2.97. The van der Waals surface area contributed by atoms with Crippen LogP contribution in [0, 0.1) is 0 Å². The second-order valence-corrected chi connectivity index (χ2v) is 7.45. The van der Waals surface area contributed by atoms with Gasteiger partial charge in [0.25, 0.3) is 0 Å². The van der Waals surface area contributed by atoms with E-state index >= 15 is 0 Å². The fourth-order valence-electron chi connectivity index (χ4n) is 3.70. The Labute approximate surface area is 135 Å². The van der Waals surface area contributed by atoms with Crippen LogP contribution >= 0.6 is 11.8 Å². The van der Waals surface area contributed by atoms with E-state index in [1.165, 1.54) is 42.8 Å². The molecule has 2 saturated heterocycles. The summed E-state index contributed by atoms with van der Waals surface area (Å²) in [5, 5.41) is 1.18. The predicted molar refractivity (Wildman–Crippen MR) is 92.6 cm³/mol. The van der Waals surface area contributed by atoms with Crippen LogP contribution in [0.1, 0.15) is 12.8 Å². The van der Waals surface area contributed by atoms with Crippen LogP contribution < -0.4 is 4.90 Å². The van der Waals surface area contributed by atoms with Gasteiger partial charge in [0, 0.05) is 57.0 Å². The number of aryl methyl sites for hydroxylation is 1. The molecule has 0 bridgehead atoms. The molecule has 2 aliphatic rings. The van der Waals surface area contributed by atoms with E-state index in [4.69, 9.17) is 0 Å². The highest BCUT2D eigenvalue weighted by molar-refractivity contribution is 7.99. The first-order chi connectivity index (χ1) is 10.8. The Kier molecular flexibility index (Phi) is 3.96. The summed E-state index contributed by atoms with van der Waals surface area (Å²) < 4.78 is 2.07. The van der Waals surface area contributed by atoms with Crippen LogP contribution in [-0.4, -0.2) is 63.2 Å². The molecule has 0 aliphatic carbocycles. The molecule has 5 nitrogen and oxygen atoms in total. The highest BCUT2D eigenvalue weighted by atomic mass is 32.2. The second kappa shape index (κ2) is 6.08. The number of thioether (sulfide) groups is 1. The fourth-order valence-corrected chi connectivity index (χ4v) is 4.63. The van der Waals surface area contributed by atoms with E-state index in [1.807, 2.05) is 7.05 Å². The molecule has 0 spiro atoms. The third-order valence-electron chi connectivity index (χ3n) is 4.97. The molecule has 0 saturated carbocycles. The maximum absolute atomic E-state index is 4.57. The number of hydrogen-bond acceptors (Lipinski definition) is 5. The third kappa shape index (κ3) is 2.58. The van der Waals surface area contributed by atoms with Crippen molar-refractivity contribution in [1.82, 2.24) is 19.4 Å². The first kappa shape index (κ1) is 14.3. The van der Waals surface area contributed by atoms with E-state index in [9.17, 15) is 0 Å². The topological polar surface area (TPSA) is 37.2 Å². The molecule has 0 aromatic carbocycles. The Morgan fingerprint density at radius 3 is 2.64 bits per heavy atom. The minimum atomic E-state index is 0.769. The second-order valence-electron chi connectivity index (χ2n) is 6.23. The lowest BCUT2D eigenvalue weighted by atomic mass is 10.0. The van der Waals surface area contributed by atoms with Crippen molar-refractivity contribution in [3.63, 3.8) is 0 Å². The number of hydrogen-bond donors (Lipinski definition) is 0. The van der Waals surface area contributed by atoms with Crippen molar-refractivity contribution in [3.05, 3.63) is 18.6 Å². The van der Waals surface area contributed by atoms with Crippen molar-refractivity contribution in [1.29, 1.82) is 0 Å². The molecule has 0 atom stereocenters. The molecular weight excluding hydrogens is 294 g/mol. The van der Waals surface area contributed by atoms with Gasteiger partial charge in [-0.1, -0.05) is 0 Å². The van der Waals surface area contributed by atoms with E-state index in [1.54, 1.807) is 6.33 Å². The van der Waals surface area contributed by atoms with Crippen molar-refractivity contribution in [3.8, 4) is 0 Å². The minimum Gasteiger partial charge on any atom is -0.356 e. The van der Waals surface area contributed by atoms with Gasteiger partial charge in [-0.3, -0.25) is 4.90 Å². The molecule has 0 N–H and O–H groups in total. The zero-order chi connectivity index (χ0) is 14.9. The number of fused-ring (bicyclic) bond motifs is 1. The molecule has 2 aliphatic heterocycles. The van der Waals surface area contributed by atoms with Crippen LogP contribution in [0.25, 0.3) is 11.0 Å². The number of anilines is 1. The lowest BCUT2D eigenvalue weighted by Gasteiger charge is -2.40. The Morgan fingerprint density at radius 1 is 1.09 bits per heavy atom. The molecule has 4 rings (SSSR count). The van der Waals surface area contributed by atoms with Crippen molar-refractivity contribution < 1.29 is 0 Å². The standard InChI is InChI=1S/C16H23N5S/c1-19-5-4-14-15(19)17-12-18-16(14)21-6-2-13(3-7-21)20-8-10-22-11-9-20/h4-5,12-13H,2-3,6-11H2,1H3. The zero-order valence-corrected chi connectivity index (χ0v) is 13.9. The maximum atomic E-state index is 4.57. The van der Waals surface area contributed by atoms with Gasteiger partial charge in [0.1, 0.15) is 17.8 Å². The average molecular weight is 317 g/mol.